The molecule has 0 unspecified atom stereocenters. The molecule has 0 saturated heterocycles. The van der Waals surface area contributed by atoms with Crippen molar-refractivity contribution >= 4 is 12.1 Å². The Morgan fingerprint density at radius 3 is 2.33 bits per heavy atom. The minimum absolute atomic E-state index is 0.376. The van der Waals surface area contributed by atoms with Gasteiger partial charge in [0.05, 0.1) is 13.0 Å². The summed E-state index contributed by atoms with van der Waals surface area (Å²) in [7, 11) is 1.32. The number of hydrogen-bond donors (Lipinski definition) is 1. The molecule has 0 aromatic carbocycles. The zero-order valence-electron chi connectivity index (χ0n) is 11.8. The number of rotatable bonds is 5. The van der Waals surface area contributed by atoms with Crippen molar-refractivity contribution in [3.63, 3.8) is 0 Å². The summed E-state index contributed by atoms with van der Waals surface area (Å²) in [6.07, 6.45) is 1.51. The Balaban J connectivity index is 4.50. The highest BCUT2D eigenvalue weighted by molar-refractivity contribution is 5.75. The van der Waals surface area contributed by atoms with Crippen LogP contribution in [0, 0.1) is 5.92 Å². The van der Waals surface area contributed by atoms with Crippen LogP contribution >= 0.6 is 0 Å². The lowest BCUT2D eigenvalue weighted by Crippen LogP contribution is -2.43. The second kappa shape index (κ2) is 7.03. The van der Waals surface area contributed by atoms with Gasteiger partial charge in [0.1, 0.15) is 5.60 Å². The molecule has 0 aliphatic rings. The van der Waals surface area contributed by atoms with Crippen LogP contribution < -0.4 is 5.32 Å². The number of methoxy groups -OCH3 is 1. The van der Waals surface area contributed by atoms with Crippen LogP contribution in [0.5, 0.6) is 0 Å². The van der Waals surface area contributed by atoms with Crippen LogP contribution in [-0.2, 0) is 14.3 Å². The van der Waals surface area contributed by atoms with E-state index >= 15 is 0 Å². The summed E-state index contributed by atoms with van der Waals surface area (Å²) in [5.41, 5.74) is -0.566. The summed E-state index contributed by atoms with van der Waals surface area (Å²) in [6.45, 7) is 10.6. The van der Waals surface area contributed by atoms with E-state index < -0.39 is 17.6 Å². The number of hydrogen-bond acceptors (Lipinski definition) is 4. The second-order valence-electron chi connectivity index (χ2n) is 5.09. The van der Waals surface area contributed by atoms with Gasteiger partial charge in [-0.15, -0.1) is 6.58 Å². The molecule has 0 rings (SSSR count). The molecule has 2 atom stereocenters. The van der Waals surface area contributed by atoms with Gasteiger partial charge >= 0.3 is 12.1 Å². The van der Waals surface area contributed by atoms with Gasteiger partial charge in [-0.1, -0.05) is 6.08 Å². The zero-order valence-corrected chi connectivity index (χ0v) is 11.8. The van der Waals surface area contributed by atoms with Gasteiger partial charge in [0.2, 0.25) is 0 Å². The van der Waals surface area contributed by atoms with Crippen molar-refractivity contribution < 1.29 is 19.1 Å². The molecule has 0 saturated carbocycles. The van der Waals surface area contributed by atoms with E-state index in [-0.39, 0.29) is 12.0 Å². The Morgan fingerprint density at radius 2 is 1.94 bits per heavy atom. The largest absolute Gasteiger partial charge is 0.469 e. The van der Waals surface area contributed by atoms with Crippen LogP contribution in [0.4, 0.5) is 4.79 Å². The van der Waals surface area contributed by atoms with E-state index in [1.165, 1.54) is 7.11 Å². The molecule has 104 valence electrons. The van der Waals surface area contributed by atoms with Crippen molar-refractivity contribution in [2.24, 2.45) is 5.92 Å². The van der Waals surface area contributed by atoms with Gasteiger partial charge in [-0.2, -0.15) is 0 Å². The van der Waals surface area contributed by atoms with E-state index in [4.69, 9.17) is 4.74 Å². The molecule has 0 aliphatic heterocycles. The fourth-order valence-corrected chi connectivity index (χ4v) is 1.43. The van der Waals surface area contributed by atoms with Gasteiger partial charge in [0, 0.05) is 6.04 Å². The Morgan fingerprint density at radius 1 is 1.39 bits per heavy atom. The molecular weight excluding hydrogens is 234 g/mol. The Hall–Kier alpha value is -1.52. The Bertz CT molecular complexity index is 307. The maximum atomic E-state index is 11.6. The SMILES string of the molecule is C=CC[C@@H](C(=O)OC)[C@@H](C)NC(=O)OC(C)(C)C. The molecule has 0 fully saturated rings. The second-order valence-corrected chi connectivity index (χ2v) is 5.09. The maximum Gasteiger partial charge on any atom is 0.407 e. The average Bonchev–Trinajstić information content (AvgIpc) is 2.21. The van der Waals surface area contributed by atoms with Gasteiger partial charge in [0.25, 0.3) is 0 Å². The topological polar surface area (TPSA) is 64.6 Å². The van der Waals surface area contributed by atoms with Gasteiger partial charge in [-0.05, 0) is 34.1 Å². The quantitative estimate of drug-likeness (QED) is 0.606. The monoisotopic (exact) mass is 257 g/mol. The first-order chi connectivity index (χ1) is 8.21. The molecule has 0 aliphatic carbocycles. The molecule has 0 bridgehead atoms. The maximum absolute atomic E-state index is 11.6. The molecule has 18 heavy (non-hydrogen) atoms. The number of nitrogens with one attached hydrogen (secondary N) is 1. The van der Waals surface area contributed by atoms with Crippen LogP contribution in [0.25, 0.3) is 0 Å². The molecular formula is C13H23NO4. The number of ether oxygens (including phenoxy) is 2. The predicted molar refractivity (Wildman–Crippen MR) is 69.2 cm³/mol. The molecule has 5 heteroatoms. The standard InChI is InChI=1S/C13H23NO4/c1-7-8-10(11(15)17-6)9(2)14-12(16)18-13(3,4)5/h7,9-10H,1,8H2,2-6H3,(H,14,16)/t9-,10-/m1/s1. The Labute approximate surface area is 109 Å². The third-order valence-corrected chi connectivity index (χ3v) is 2.27. The third kappa shape index (κ3) is 6.27. The first kappa shape index (κ1) is 16.5. The normalized spacial score (nSPS) is 14.3. The van der Waals surface area contributed by atoms with E-state index in [9.17, 15) is 9.59 Å². The molecule has 5 nitrogen and oxygen atoms in total. The number of carbonyl (C=O) groups excluding carboxylic acids is 2. The number of allylic oxidation sites excluding steroid dienone is 1. The summed E-state index contributed by atoms with van der Waals surface area (Å²) >= 11 is 0. The highest BCUT2D eigenvalue weighted by Crippen LogP contribution is 2.13. The van der Waals surface area contributed by atoms with E-state index in [0.717, 1.165) is 0 Å². The molecule has 0 aromatic rings. The van der Waals surface area contributed by atoms with Gasteiger partial charge in [-0.25, -0.2) is 4.79 Å². The zero-order chi connectivity index (χ0) is 14.3. The third-order valence-electron chi connectivity index (χ3n) is 2.27. The summed E-state index contributed by atoms with van der Waals surface area (Å²) in [6, 6.07) is -0.384. The fourth-order valence-electron chi connectivity index (χ4n) is 1.43. The van der Waals surface area contributed by atoms with Crippen molar-refractivity contribution in [3.05, 3.63) is 12.7 Å². The highest BCUT2D eigenvalue weighted by Gasteiger charge is 2.27. The Kier molecular flexibility index (Phi) is 6.44. The number of carbonyl (C=O) groups is 2. The number of esters is 1. The number of alkyl carbamates (subject to hydrolysis) is 1. The van der Waals surface area contributed by atoms with Crippen LogP contribution in [0.3, 0.4) is 0 Å². The lowest BCUT2D eigenvalue weighted by atomic mass is 9.98. The lowest BCUT2D eigenvalue weighted by Gasteiger charge is -2.25. The first-order valence-electron chi connectivity index (χ1n) is 5.89. The van der Waals surface area contributed by atoms with E-state index in [1.54, 1.807) is 33.8 Å². The summed E-state index contributed by atoms with van der Waals surface area (Å²) in [4.78, 5) is 23.1. The van der Waals surface area contributed by atoms with Crippen molar-refractivity contribution in [1.82, 2.24) is 5.32 Å². The first-order valence-corrected chi connectivity index (χ1v) is 5.89. The average molecular weight is 257 g/mol. The molecule has 1 amide bonds. The van der Waals surface area contributed by atoms with Crippen LogP contribution in [-0.4, -0.2) is 30.8 Å². The van der Waals surface area contributed by atoms with Gasteiger partial charge in [-0.3, -0.25) is 4.79 Å². The minimum atomic E-state index is -0.566. The van der Waals surface area contributed by atoms with E-state index in [1.807, 2.05) is 0 Å². The van der Waals surface area contributed by atoms with Crippen LogP contribution in [0.1, 0.15) is 34.1 Å². The lowest BCUT2D eigenvalue weighted by molar-refractivity contribution is -0.146. The molecule has 0 spiro atoms. The minimum Gasteiger partial charge on any atom is -0.469 e. The molecule has 0 aromatic heterocycles. The molecule has 1 N–H and O–H groups in total. The molecule has 0 radical (unpaired) electrons. The highest BCUT2D eigenvalue weighted by atomic mass is 16.6. The van der Waals surface area contributed by atoms with Crippen molar-refractivity contribution in [3.8, 4) is 0 Å². The van der Waals surface area contributed by atoms with Crippen molar-refractivity contribution in [2.45, 2.75) is 45.8 Å². The van der Waals surface area contributed by atoms with Gasteiger partial charge < -0.3 is 14.8 Å². The smallest absolute Gasteiger partial charge is 0.407 e. The fraction of sp³-hybridized carbons (Fsp3) is 0.692. The van der Waals surface area contributed by atoms with Crippen molar-refractivity contribution in [1.29, 1.82) is 0 Å². The molecule has 0 heterocycles. The van der Waals surface area contributed by atoms with Crippen LogP contribution in [0.2, 0.25) is 0 Å². The summed E-state index contributed by atoms with van der Waals surface area (Å²) in [5, 5.41) is 2.63. The van der Waals surface area contributed by atoms with Crippen LogP contribution in [0.15, 0.2) is 12.7 Å². The predicted octanol–water partition coefficient (Wildman–Crippen LogP) is 2.26. The summed E-state index contributed by atoms with van der Waals surface area (Å²) in [5.74, 6) is -0.835. The van der Waals surface area contributed by atoms with E-state index in [2.05, 4.69) is 16.6 Å². The van der Waals surface area contributed by atoms with Crippen molar-refractivity contribution in [2.75, 3.05) is 7.11 Å². The number of amides is 1. The summed E-state index contributed by atoms with van der Waals surface area (Å²) < 4.78 is 9.81. The van der Waals surface area contributed by atoms with Gasteiger partial charge in [0.15, 0.2) is 0 Å². The van der Waals surface area contributed by atoms with E-state index in [0.29, 0.717) is 6.42 Å².